The molecule has 0 bridgehead atoms. The third-order valence-electron chi connectivity index (χ3n) is 3.29. The molecule has 23 heavy (non-hydrogen) atoms. The molecule has 0 saturated carbocycles. The number of benzene rings is 1. The van der Waals surface area contributed by atoms with Gasteiger partial charge in [-0.15, -0.1) is 0 Å². The second-order valence-electron chi connectivity index (χ2n) is 4.85. The topological polar surface area (TPSA) is 94.5 Å². The maximum absolute atomic E-state index is 12.1. The van der Waals surface area contributed by atoms with E-state index in [-0.39, 0.29) is 17.5 Å². The Balaban J connectivity index is 1.68. The van der Waals surface area contributed by atoms with Gasteiger partial charge in [0.25, 0.3) is 11.8 Å². The van der Waals surface area contributed by atoms with E-state index < -0.39 is 11.8 Å². The van der Waals surface area contributed by atoms with Crippen LogP contribution in [0.25, 0.3) is 0 Å². The van der Waals surface area contributed by atoms with Gasteiger partial charge in [0.05, 0.1) is 10.7 Å². The number of hydrogen-bond donors (Lipinski definition) is 2. The van der Waals surface area contributed by atoms with Crippen LogP contribution in [0.15, 0.2) is 18.2 Å². The Morgan fingerprint density at radius 3 is 2.61 bits per heavy atom. The van der Waals surface area contributed by atoms with Gasteiger partial charge in [-0.3, -0.25) is 25.1 Å². The minimum Gasteiger partial charge on any atom is -0.454 e. The number of nitrogens with one attached hydrogen (secondary N) is 2. The first-order chi connectivity index (χ1) is 11.0. The van der Waals surface area contributed by atoms with Crippen LogP contribution in [0.5, 0.6) is 11.5 Å². The summed E-state index contributed by atoms with van der Waals surface area (Å²) in [6.45, 7) is 1.81. The molecule has 1 aliphatic heterocycles. The maximum atomic E-state index is 12.1. The Morgan fingerprint density at radius 2 is 1.91 bits per heavy atom. The molecule has 2 N–H and O–H groups in total. The number of hydrogen-bond acceptors (Lipinski definition) is 5. The summed E-state index contributed by atoms with van der Waals surface area (Å²) < 4.78 is 11.7. The van der Waals surface area contributed by atoms with Crippen molar-refractivity contribution in [1.29, 1.82) is 0 Å². The summed E-state index contributed by atoms with van der Waals surface area (Å²) in [5.74, 6) is -0.00383. The van der Waals surface area contributed by atoms with Crippen LogP contribution < -0.4 is 20.3 Å². The molecule has 0 spiro atoms. The molecular weight excluding hydrogens is 324 g/mol. The highest BCUT2D eigenvalue weighted by atomic mass is 35.5. The van der Waals surface area contributed by atoms with Crippen LogP contribution in [0.4, 0.5) is 0 Å². The van der Waals surface area contributed by atoms with Crippen molar-refractivity contribution in [3.63, 3.8) is 0 Å². The van der Waals surface area contributed by atoms with Crippen LogP contribution in [-0.2, 0) is 7.05 Å². The lowest BCUT2D eigenvalue weighted by Gasteiger charge is -2.08. The number of halogens is 1. The van der Waals surface area contributed by atoms with Gasteiger partial charge < -0.3 is 9.47 Å². The van der Waals surface area contributed by atoms with Gasteiger partial charge in [0, 0.05) is 12.6 Å². The number of aryl methyl sites for hydroxylation is 2. The van der Waals surface area contributed by atoms with Crippen LogP contribution in [0.1, 0.15) is 26.5 Å². The molecule has 0 saturated heterocycles. The molecule has 3 rings (SSSR count). The molecule has 0 atom stereocenters. The number of carbonyl (C=O) groups is 2. The average Bonchev–Trinajstić information content (AvgIpc) is 3.08. The van der Waals surface area contributed by atoms with E-state index in [2.05, 4.69) is 16.0 Å². The maximum Gasteiger partial charge on any atom is 0.289 e. The van der Waals surface area contributed by atoms with Crippen molar-refractivity contribution in [2.75, 3.05) is 6.79 Å². The predicted molar refractivity (Wildman–Crippen MR) is 80.5 cm³/mol. The highest BCUT2D eigenvalue weighted by molar-refractivity contribution is 6.34. The Kier molecular flexibility index (Phi) is 3.83. The third-order valence-corrected chi connectivity index (χ3v) is 3.74. The van der Waals surface area contributed by atoms with Gasteiger partial charge in [0.15, 0.2) is 11.5 Å². The van der Waals surface area contributed by atoms with Gasteiger partial charge in [-0.05, 0) is 25.1 Å². The Bertz CT molecular complexity index is 802. The molecule has 0 aliphatic carbocycles. The first-order valence-electron chi connectivity index (χ1n) is 6.67. The van der Waals surface area contributed by atoms with Gasteiger partial charge in [-0.1, -0.05) is 11.6 Å². The summed E-state index contributed by atoms with van der Waals surface area (Å²) in [6.07, 6.45) is 0. The molecule has 2 aromatic rings. The Morgan fingerprint density at radius 1 is 1.22 bits per heavy atom. The van der Waals surface area contributed by atoms with E-state index in [9.17, 15) is 9.59 Å². The lowest BCUT2D eigenvalue weighted by molar-refractivity contribution is 0.0841. The fourth-order valence-corrected chi connectivity index (χ4v) is 2.41. The molecule has 120 valence electrons. The van der Waals surface area contributed by atoms with E-state index in [4.69, 9.17) is 21.1 Å². The molecular formula is C14H13ClN4O4. The Hall–Kier alpha value is -2.74. The fraction of sp³-hybridized carbons (Fsp3) is 0.214. The van der Waals surface area contributed by atoms with E-state index in [1.807, 2.05) is 0 Å². The molecule has 2 heterocycles. The van der Waals surface area contributed by atoms with Crippen molar-refractivity contribution in [1.82, 2.24) is 20.6 Å². The van der Waals surface area contributed by atoms with Crippen LogP contribution >= 0.6 is 11.6 Å². The molecule has 9 heteroatoms. The first-order valence-corrected chi connectivity index (χ1v) is 7.04. The predicted octanol–water partition coefficient (Wildman–Crippen LogP) is 1.19. The summed E-state index contributed by atoms with van der Waals surface area (Å²) >= 11 is 6.02. The molecule has 8 nitrogen and oxygen atoms in total. The SMILES string of the molecule is Cc1nn(C)c(C(=O)NNC(=O)c2ccc3c(c2)OCO3)c1Cl. The smallest absolute Gasteiger partial charge is 0.289 e. The monoisotopic (exact) mass is 336 g/mol. The Labute approximate surface area is 136 Å². The van der Waals surface area contributed by atoms with Crippen molar-refractivity contribution in [3.05, 3.63) is 40.2 Å². The van der Waals surface area contributed by atoms with Crippen molar-refractivity contribution in [2.45, 2.75) is 6.92 Å². The van der Waals surface area contributed by atoms with Crippen LogP contribution in [0.3, 0.4) is 0 Å². The molecule has 2 amide bonds. The van der Waals surface area contributed by atoms with Gasteiger partial charge >= 0.3 is 0 Å². The van der Waals surface area contributed by atoms with Crippen molar-refractivity contribution >= 4 is 23.4 Å². The lowest BCUT2D eigenvalue weighted by Crippen LogP contribution is -2.42. The van der Waals surface area contributed by atoms with Crippen molar-refractivity contribution < 1.29 is 19.1 Å². The summed E-state index contributed by atoms with van der Waals surface area (Å²) in [5.41, 5.74) is 5.63. The van der Waals surface area contributed by atoms with Gasteiger partial charge in [0.2, 0.25) is 6.79 Å². The molecule has 1 aliphatic rings. The van der Waals surface area contributed by atoms with Crippen LogP contribution in [-0.4, -0.2) is 28.4 Å². The first kappa shape index (κ1) is 15.2. The fourth-order valence-electron chi connectivity index (χ4n) is 2.16. The molecule has 1 aromatic heterocycles. The number of nitrogens with zero attached hydrogens (tertiary/aromatic N) is 2. The van der Waals surface area contributed by atoms with E-state index in [0.29, 0.717) is 22.8 Å². The van der Waals surface area contributed by atoms with E-state index in [1.54, 1.807) is 26.1 Å². The van der Waals surface area contributed by atoms with Crippen LogP contribution in [0.2, 0.25) is 5.02 Å². The minimum absolute atomic E-state index is 0.121. The third kappa shape index (κ3) is 2.80. The largest absolute Gasteiger partial charge is 0.454 e. The number of carbonyl (C=O) groups excluding carboxylic acids is 2. The zero-order chi connectivity index (χ0) is 16.6. The zero-order valence-electron chi connectivity index (χ0n) is 12.3. The zero-order valence-corrected chi connectivity index (χ0v) is 13.1. The lowest BCUT2D eigenvalue weighted by atomic mass is 10.2. The number of aromatic nitrogens is 2. The van der Waals surface area contributed by atoms with Crippen molar-refractivity contribution in [2.24, 2.45) is 7.05 Å². The second-order valence-corrected chi connectivity index (χ2v) is 5.23. The van der Waals surface area contributed by atoms with Gasteiger partial charge in [-0.25, -0.2) is 0 Å². The summed E-state index contributed by atoms with van der Waals surface area (Å²) in [4.78, 5) is 24.2. The number of fused-ring (bicyclic) bond motifs is 1. The number of amides is 2. The van der Waals surface area contributed by atoms with Crippen molar-refractivity contribution in [3.8, 4) is 11.5 Å². The highest BCUT2D eigenvalue weighted by Gasteiger charge is 2.20. The summed E-state index contributed by atoms with van der Waals surface area (Å²) in [7, 11) is 1.59. The number of hydrazine groups is 1. The van der Waals surface area contributed by atoms with Crippen LogP contribution in [0, 0.1) is 6.92 Å². The standard InChI is InChI=1S/C14H13ClN4O4/c1-7-11(15)12(19(2)18-7)14(21)17-16-13(20)8-3-4-9-10(5-8)23-6-22-9/h3-5H,6H2,1-2H3,(H,16,20)(H,17,21). The average molecular weight is 337 g/mol. The number of ether oxygens (including phenoxy) is 2. The molecule has 1 aromatic carbocycles. The second kappa shape index (κ2) is 5.81. The number of rotatable bonds is 2. The van der Waals surface area contributed by atoms with E-state index in [0.717, 1.165) is 0 Å². The molecule has 0 radical (unpaired) electrons. The van der Waals surface area contributed by atoms with E-state index in [1.165, 1.54) is 10.7 Å². The highest BCUT2D eigenvalue weighted by Crippen LogP contribution is 2.32. The normalized spacial score (nSPS) is 12.1. The van der Waals surface area contributed by atoms with Gasteiger partial charge in [-0.2, -0.15) is 5.10 Å². The minimum atomic E-state index is -0.563. The summed E-state index contributed by atoms with van der Waals surface area (Å²) in [5, 5.41) is 4.28. The van der Waals surface area contributed by atoms with E-state index >= 15 is 0 Å². The molecule has 0 fully saturated rings. The quantitative estimate of drug-likeness (QED) is 0.803. The summed E-state index contributed by atoms with van der Waals surface area (Å²) in [6, 6.07) is 4.72. The molecule has 0 unspecified atom stereocenters. The van der Waals surface area contributed by atoms with Gasteiger partial charge in [0.1, 0.15) is 5.69 Å².